The molecule has 1 aliphatic heterocycles. The van der Waals surface area contributed by atoms with Crippen LogP contribution in [0.5, 0.6) is 0 Å². The molecule has 0 atom stereocenters. The lowest BCUT2D eigenvalue weighted by Gasteiger charge is -2.40. The zero-order valence-corrected chi connectivity index (χ0v) is 9.08. The summed E-state index contributed by atoms with van der Waals surface area (Å²) in [6.07, 6.45) is 5.37. The molecule has 15 heavy (non-hydrogen) atoms. The van der Waals surface area contributed by atoms with E-state index in [0.29, 0.717) is 0 Å². The van der Waals surface area contributed by atoms with Gasteiger partial charge in [-0.05, 0) is 36.5 Å². The van der Waals surface area contributed by atoms with Crippen LogP contribution in [-0.2, 0) is 13.0 Å². The Kier molecular flexibility index (Phi) is 2.17. The van der Waals surface area contributed by atoms with Crippen LogP contribution >= 0.6 is 0 Å². The summed E-state index contributed by atoms with van der Waals surface area (Å²) in [4.78, 5) is 2.61. The van der Waals surface area contributed by atoms with Gasteiger partial charge in [0.1, 0.15) is 0 Å². The molecule has 1 aromatic carbocycles. The molecule has 80 valence electrons. The number of nitrogens with zero attached hydrogens (tertiary/aromatic N) is 1. The SMILES string of the molecule is Nc1cccc2c1CN(C1CCC1)CC2. The number of anilines is 1. The lowest BCUT2D eigenvalue weighted by Crippen LogP contribution is -2.43. The molecule has 2 N–H and O–H groups in total. The Morgan fingerprint density at radius 1 is 1.27 bits per heavy atom. The molecule has 1 heterocycles. The molecule has 0 spiro atoms. The molecular weight excluding hydrogens is 184 g/mol. The zero-order valence-electron chi connectivity index (χ0n) is 9.08. The Labute approximate surface area is 91.1 Å². The van der Waals surface area contributed by atoms with Gasteiger partial charge in [0.25, 0.3) is 0 Å². The van der Waals surface area contributed by atoms with Gasteiger partial charge in [0.05, 0.1) is 0 Å². The van der Waals surface area contributed by atoms with Gasteiger partial charge < -0.3 is 5.73 Å². The highest BCUT2D eigenvalue weighted by Gasteiger charge is 2.28. The minimum absolute atomic E-state index is 0.845. The molecule has 0 saturated heterocycles. The number of nitrogens with two attached hydrogens (primary N) is 1. The minimum Gasteiger partial charge on any atom is -0.398 e. The molecule has 0 amide bonds. The van der Waals surface area contributed by atoms with E-state index in [2.05, 4.69) is 17.0 Å². The van der Waals surface area contributed by atoms with E-state index in [1.165, 1.54) is 43.4 Å². The summed E-state index contributed by atoms with van der Waals surface area (Å²) in [5, 5.41) is 0. The molecular formula is C13H18N2. The van der Waals surface area contributed by atoms with E-state index < -0.39 is 0 Å². The highest BCUT2D eigenvalue weighted by molar-refractivity contribution is 5.51. The zero-order chi connectivity index (χ0) is 10.3. The van der Waals surface area contributed by atoms with Gasteiger partial charge in [-0.1, -0.05) is 18.6 Å². The van der Waals surface area contributed by atoms with Crippen molar-refractivity contribution >= 4 is 5.69 Å². The Bertz CT molecular complexity index is 369. The van der Waals surface area contributed by atoms with E-state index in [9.17, 15) is 0 Å². The number of fused-ring (bicyclic) bond motifs is 1. The van der Waals surface area contributed by atoms with Crippen molar-refractivity contribution in [1.29, 1.82) is 0 Å². The van der Waals surface area contributed by atoms with E-state index in [1.54, 1.807) is 0 Å². The second kappa shape index (κ2) is 3.53. The van der Waals surface area contributed by atoms with Crippen molar-refractivity contribution in [2.45, 2.75) is 38.3 Å². The quantitative estimate of drug-likeness (QED) is 0.707. The van der Waals surface area contributed by atoms with Crippen LogP contribution in [-0.4, -0.2) is 17.5 Å². The average molecular weight is 202 g/mol. The van der Waals surface area contributed by atoms with Crippen molar-refractivity contribution < 1.29 is 0 Å². The van der Waals surface area contributed by atoms with E-state index >= 15 is 0 Å². The predicted molar refractivity (Wildman–Crippen MR) is 62.6 cm³/mol. The van der Waals surface area contributed by atoms with Crippen LogP contribution in [0.1, 0.15) is 30.4 Å². The molecule has 1 aliphatic carbocycles. The smallest absolute Gasteiger partial charge is 0.0362 e. The Morgan fingerprint density at radius 2 is 2.13 bits per heavy atom. The van der Waals surface area contributed by atoms with Crippen LogP contribution in [0.15, 0.2) is 18.2 Å². The normalized spacial score (nSPS) is 22.1. The van der Waals surface area contributed by atoms with Gasteiger partial charge in [-0.3, -0.25) is 4.90 Å². The molecule has 2 nitrogen and oxygen atoms in total. The van der Waals surface area contributed by atoms with Gasteiger partial charge in [-0.2, -0.15) is 0 Å². The second-order valence-corrected chi connectivity index (χ2v) is 4.79. The van der Waals surface area contributed by atoms with E-state index in [0.717, 1.165) is 18.3 Å². The molecule has 1 fully saturated rings. The summed E-state index contributed by atoms with van der Waals surface area (Å²) in [6.45, 7) is 2.30. The third-order valence-corrected chi connectivity index (χ3v) is 3.93. The monoisotopic (exact) mass is 202 g/mol. The van der Waals surface area contributed by atoms with Gasteiger partial charge in [0.15, 0.2) is 0 Å². The van der Waals surface area contributed by atoms with Crippen molar-refractivity contribution in [1.82, 2.24) is 4.90 Å². The molecule has 0 unspecified atom stereocenters. The maximum absolute atomic E-state index is 6.04. The topological polar surface area (TPSA) is 29.3 Å². The first-order valence-corrected chi connectivity index (χ1v) is 5.95. The predicted octanol–water partition coefficient (Wildman–Crippen LogP) is 2.18. The fourth-order valence-corrected chi connectivity index (χ4v) is 2.69. The first kappa shape index (κ1) is 9.22. The average Bonchev–Trinajstić information content (AvgIpc) is 2.17. The van der Waals surface area contributed by atoms with Gasteiger partial charge in [-0.25, -0.2) is 0 Å². The summed E-state index contributed by atoms with van der Waals surface area (Å²) < 4.78 is 0. The van der Waals surface area contributed by atoms with E-state index in [-0.39, 0.29) is 0 Å². The molecule has 1 saturated carbocycles. The lowest BCUT2D eigenvalue weighted by molar-refractivity contribution is 0.114. The second-order valence-electron chi connectivity index (χ2n) is 4.79. The summed E-state index contributed by atoms with van der Waals surface area (Å²) in [7, 11) is 0. The third kappa shape index (κ3) is 1.53. The van der Waals surface area contributed by atoms with Crippen molar-refractivity contribution in [3.05, 3.63) is 29.3 Å². The molecule has 0 aromatic heterocycles. The first-order chi connectivity index (χ1) is 7.34. The van der Waals surface area contributed by atoms with Gasteiger partial charge in [0.2, 0.25) is 0 Å². The highest BCUT2D eigenvalue weighted by atomic mass is 15.2. The summed E-state index contributed by atoms with van der Waals surface area (Å²) >= 11 is 0. The fraction of sp³-hybridized carbons (Fsp3) is 0.538. The Hall–Kier alpha value is -1.02. The van der Waals surface area contributed by atoms with Crippen molar-refractivity contribution in [3.8, 4) is 0 Å². The minimum atomic E-state index is 0.845. The largest absolute Gasteiger partial charge is 0.398 e. The van der Waals surface area contributed by atoms with Crippen molar-refractivity contribution in [3.63, 3.8) is 0 Å². The number of hydrogen-bond acceptors (Lipinski definition) is 2. The Morgan fingerprint density at radius 3 is 2.87 bits per heavy atom. The standard InChI is InChI=1S/C13H18N2/c14-13-6-1-3-10-7-8-15(9-12(10)13)11-4-2-5-11/h1,3,6,11H,2,4-5,7-9,14H2. The summed E-state index contributed by atoms with van der Waals surface area (Å²) in [5.41, 5.74) is 9.87. The third-order valence-electron chi connectivity index (χ3n) is 3.93. The van der Waals surface area contributed by atoms with Crippen LogP contribution in [0.25, 0.3) is 0 Å². The van der Waals surface area contributed by atoms with Crippen molar-refractivity contribution in [2.24, 2.45) is 0 Å². The van der Waals surface area contributed by atoms with Crippen LogP contribution in [0.3, 0.4) is 0 Å². The first-order valence-electron chi connectivity index (χ1n) is 5.95. The van der Waals surface area contributed by atoms with Gasteiger partial charge in [0, 0.05) is 24.8 Å². The van der Waals surface area contributed by atoms with Crippen molar-refractivity contribution in [2.75, 3.05) is 12.3 Å². The van der Waals surface area contributed by atoms with Gasteiger partial charge in [-0.15, -0.1) is 0 Å². The highest BCUT2D eigenvalue weighted by Crippen LogP contribution is 2.31. The molecule has 1 aromatic rings. The van der Waals surface area contributed by atoms with Crippen LogP contribution in [0, 0.1) is 0 Å². The maximum atomic E-state index is 6.04. The number of nitrogen functional groups attached to an aromatic ring is 1. The fourth-order valence-electron chi connectivity index (χ4n) is 2.69. The van der Waals surface area contributed by atoms with E-state index in [1.807, 2.05) is 6.07 Å². The van der Waals surface area contributed by atoms with E-state index in [4.69, 9.17) is 5.73 Å². The summed E-state index contributed by atoms with van der Waals surface area (Å²) in [5.74, 6) is 0. The number of benzene rings is 1. The van der Waals surface area contributed by atoms with Crippen LogP contribution in [0.4, 0.5) is 5.69 Å². The lowest BCUT2D eigenvalue weighted by atomic mass is 9.88. The van der Waals surface area contributed by atoms with Gasteiger partial charge >= 0.3 is 0 Å². The molecule has 3 rings (SSSR count). The molecule has 2 heteroatoms. The molecule has 0 radical (unpaired) electrons. The van der Waals surface area contributed by atoms with Crippen LogP contribution < -0.4 is 5.73 Å². The number of hydrogen-bond donors (Lipinski definition) is 1. The maximum Gasteiger partial charge on any atom is 0.0362 e. The molecule has 2 aliphatic rings. The number of rotatable bonds is 1. The Balaban J connectivity index is 1.85. The van der Waals surface area contributed by atoms with Crippen LogP contribution in [0.2, 0.25) is 0 Å². The molecule has 0 bridgehead atoms. The summed E-state index contributed by atoms with van der Waals surface area (Å²) in [6, 6.07) is 7.18.